The Morgan fingerprint density at radius 1 is 1.24 bits per heavy atom. The van der Waals surface area contributed by atoms with E-state index in [4.69, 9.17) is 5.73 Å². The van der Waals surface area contributed by atoms with Gasteiger partial charge >= 0.3 is 6.18 Å². The standard InChI is InChI=1S/C9H8F3N5/c10-9(11,12)6-2-15-17(5-6)8-4-14-3-7(1-13)16-8/h2-5H,1,13H2. The predicted octanol–water partition coefficient (Wildman–Crippen LogP) is 1.14. The van der Waals surface area contributed by atoms with Crippen LogP contribution in [0, 0.1) is 0 Å². The Balaban J connectivity index is 2.37. The minimum absolute atomic E-state index is 0.161. The zero-order valence-corrected chi connectivity index (χ0v) is 8.52. The molecule has 17 heavy (non-hydrogen) atoms. The third-order valence-corrected chi connectivity index (χ3v) is 2.03. The SMILES string of the molecule is NCc1cncc(-n2cc(C(F)(F)F)cn2)n1. The van der Waals surface area contributed by atoms with Crippen molar-refractivity contribution in [1.29, 1.82) is 0 Å². The monoisotopic (exact) mass is 243 g/mol. The van der Waals surface area contributed by atoms with Crippen LogP contribution in [0.3, 0.4) is 0 Å². The second-order valence-electron chi connectivity index (χ2n) is 3.24. The fourth-order valence-electron chi connectivity index (χ4n) is 1.20. The smallest absolute Gasteiger partial charge is 0.325 e. The fourth-order valence-corrected chi connectivity index (χ4v) is 1.20. The Labute approximate surface area is 94.1 Å². The van der Waals surface area contributed by atoms with E-state index in [1.807, 2.05) is 0 Å². The number of aromatic nitrogens is 4. The van der Waals surface area contributed by atoms with E-state index in [1.165, 1.54) is 12.4 Å². The molecule has 0 aliphatic carbocycles. The first-order chi connectivity index (χ1) is 8.00. The zero-order valence-electron chi connectivity index (χ0n) is 8.52. The van der Waals surface area contributed by atoms with Gasteiger partial charge in [-0.15, -0.1) is 0 Å². The maximum atomic E-state index is 12.4. The summed E-state index contributed by atoms with van der Waals surface area (Å²) in [7, 11) is 0. The molecule has 2 rings (SSSR count). The van der Waals surface area contributed by atoms with Crippen LogP contribution >= 0.6 is 0 Å². The van der Waals surface area contributed by atoms with Crippen LogP contribution in [0.1, 0.15) is 11.3 Å². The summed E-state index contributed by atoms with van der Waals surface area (Å²) in [4.78, 5) is 7.82. The van der Waals surface area contributed by atoms with Crippen molar-refractivity contribution in [2.45, 2.75) is 12.7 Å². The number of halogens is 3. The van der Waals surface area contributed by atoms with Gasteiger partial charge in [0, 0.05) is 18.9 Å². The third kappa shape index (κ3) is 2.41. The van der Waals surface area contributed by atoms with Gasteiger partial charge in [-0.1, -0.05) is 0 Å². The summed E-state index contributed by atoms with van der Waals surface area (Å²) in [6.07, 6.45) is -0.0811. The molecule has 0 aromatic carbocycles. The van der Waals surface area contributed by atoms with Gasteiger partial charge in [0.15, 0.2) is 5.82 Å². The highest BCUT2D eigenvalue weighted by molar-refractivity contribution is 5.21. The molecule has 2 N–H and O–H groups in total. The molecule has 0 aliphatic rings. The molecule has 2 heterocycles. The molecule has 90 valence electrons. The Morgan fingerprint density at radius 3 is 2.59 bits per heavy atom. The molecule has 0 radical (unpaired) electrons. The van der Waals surface area contributed by atoms with E-state index in [2.05, 4.69) is 15.1 Å². The van der Waals surface area contributed by atoms with E-state index >= 15 is 0 Å². The topological polar surface area (TPSA) is 69.6 Å². The molecule has 0 aliphatic heterocycles. The number of nitrogens with two attached hydrogens (primary N) is 1. The van der Waals surface area contributed by atoms with Crippen LogP contribution in [0.4, 0.5) is 13.2 Å². The van der Waals surface area contributed by atoms with Crippen molar-refractivity contribution in [2.75, 3.05) is 0 Å². The molecule has 0 saturated carbocycles. The van der Waals surface area contributed by atoms with E-state index in [0.29, 0.717) is 5.69 Å². The minimum Gasteiger partial charge on any atom is -0.325 e. The molecule has 2 aromatic rings. The summed E-state index contributed by atoms with van der Waals surface area (Å²) >= 11 is 0. The lowest BCUT2D eigenvalue weighted by Crippen LogP contribution is -2.06. The van der Waals surface area contributed by atoms with Crippen LogP contribution in [0.25, 0.3) is 5.82 Å². The normalized spacial score (nSPS) is 11.8. The number of rotatable bonds is 2. The van der Waals surface area contributed by atoms with Gasteiger partial charge in [-0.3, -0.25) is 4.98 Å². The van der Waals surface area contributed by atoms with Crippen LogP contribution < -0.4 is 5.73 Å². The van der Waals surface area contributed by atoms with Gasteiger partial charge in [0.1, 0.15) is 0 Å². The second-order valence-corrected chi connectivity index (χ2v) is 3.24. The van der Waals surface area contributed by atoms with E-state index in [-0.39, 0.29) is 12.4 Å². The van der Waals surface area contributed by atoms with Crippen molar-refractivity contribution >= 4 is 0 Å². The van der Waals surface area contributed by atoms with E-state index in [0.717, 1.165) is 17.1 Å². The van der Waals surface area contributed by atoms with Gasteiger partial charge in [-0.05, 0) is 0 Å². The molecular formula is C9H8F3N5. The van der Waals surface area contributed by atoms with Crippen molar-refractivity contribution in [1.82, 2.24) is 19.7 Å². The highest BCUT2D eigenvalue weighted by Crippen LogP contribution is 2.28. The Morgan fingerprint density at radius 2 is 2.00 bits per heavy atom. The molecule has 0 amide bonds. The van der Waals surface area contributed by atoms with Gasteiger partial charge in [-0.25, -0.2) is 9.67 Å². The van der Waals surface area contributed by atoms with Gasteiger partial charge < -0.3 is 5.73 Å². The van der Waals surface area contributed by atoms with Gasteiger partial charge in [0.2, 0.25) is 0 Å². The van der Waals surface area contributed by atoms with Crippen LogP contribution in [-0.4, -0.2) is 19.7 Å². The molecule has 0 atom stereocenters. The second kappa shape index (κ2) is 4.13. The van der Waals surface area contributed by atoms with Crippen LogP contribution in [0.5, 0.6) is 0 Å². The van der Waals surface area contributed by atoms with E-state index in [9.17, 15) is 13.2 Å². The van der Waals surface area contributed by atoms with Crippen LogP contribution in [0.15, 0.2) is 24.8 Å². The number of hydrogen-bond donors (Lipinski definition) is 1. The van der Waals surface area contributed by atoms with Gasteiger partial charge in [0.25, 0.3) is 0 Å². The average molecular weight is 243 g/mol. The summed E-state index contributed by atoms with van der Waals surface area (Å²) in [5, 5.41) is 3.58. The summed E-state index contributed by atoms with van der Waals surface area (Å²) < 4.78 is 38.1. The van der Waals surface area contributed by atoms with Crippen LogP contribution in [-0.2, 0) is 12.7 Å². The largest absolute Gasteiger partial charge is 0.419 e. The maximum absolute atomic E-state index is 12.4. The maximum Gasteiger partial charge on any atom is 0.419 e. The lowest BCUT2D eigenvalue weighted by molar-refractivity contribution is -0.137. The van der Waals surface area contributed by atoms with E-state index < -0.39 is 11.7 Å². The molecule has 0 spiro atoms. The number of nitrogens with zero attached hydrogens (tertiary/aromatic N) is 4. The fraction of sp³-hybridized carbons (Fsp3) is 0.222. The first kappa shape index (κ1) is 11.5. The summed E-state index contributed by atoms with van der Waals surface area (Å²) in [6.45, 7) is 0.161. The average Bonchev–Trinajstić information content (AvgIpc) is 2.78. The molecule has 5 nitrogen and oxygen atoms in total. The first-order valence-corrected chi connectivity index (χ1v) is 4.64. The highest BCUT2D eigenvalue weighted by Gasteiger charge is 2.32. The van der Waals surface area contributed by atoms with Gasteiger partial charge in [-0.2, -0.15) is 18.3 Å². The van der Waals surface area contributed by atoms with Crippen molar-refractivity contribution < 1.29 is 13.2 Å². The summed E-state index contributed by atoms with van der Waals surface area (Å²) in [5.41, 5.74) is 5.00. The summed E-state index contributed by atoms with van der Waals surface area (Å²) in [6, 6.07) is 0. The molecule has 0 saturated heterocycles. The molecule has 8 heteroatoms. The quantitative estimate of drug-likeness (QED) is 0.858. The zero-order chi connectivity index (χ0) is 12.5. The minimum atomic E-state index is -4.42. The van der Waals surface area contributed by atoms with Crippen molar-refractivity contribution in [3.05, 3.63) is 36.0 Å². The Bertz CT molecular complexity index is 519. The van der Waals surface area contributed by atoms with E-state index in [1.54, 1.807) is 0 Å². The Hall–Kier alpha value is -1.96. The lowest BCUT2D eigenvalue weighted by atomic mass is 10.4. The van der Waals surface area contributed by atoms with Crippen molar-refractivity contribution in [2.24, 2.45) is 5.73 Å². The molecule has 0 unspecified atom stereocenters. The molecule has 2 aromatic heterocycles. The molecular weight excluding hydrogens is 235 g/mol. The van der Waals surface area contributed by atoms with Crippen LogP contribution in [0.2, 0.25) is 0 Å². The molecule has 0 bridgehead atoms. The first-order valence-electron chi connectivity index (χ1n) is 4.64. The van der Waals surface area contributed by atoms with Gasteiger partial charge in [0.05, 0.1) is 23.7 Å². The summed E-state index contributed by atoms with van der Waals surface area (Å²) in [5.74, 6) is 0.198. The predicted molar refractivity (Wildman–Crippen MR) is 52.0 cm³/mol. The van der Waals surface area contributed by atoms with Crippen molar-refractivity contribution in [3.63, 3.8) is 0 Å². The van der Waals surface area contributed by atoms with Crippen molar-refractivity contribution in [3.8, 4) is 5.82 Å². The lowest BCUT2D eigenvalue weighted by Gasteiger charge is -2.02. The molecule has 0 fully saturated rings. The number of alkyl halides is 3. The number of hydrogen-bond acceptors (Lipinski definition) is 4. The Kier molecular flexibility index (Phi) is 2.80. The third-order valence-electron chi connectivity index (χ3n) is 2.03. The highest BCUT2D eigenvalue weighted by atomic mass is 19.4.